The molecule has 188 valence electrons. The summed E-state index contributed by atoms with van der Waals surface area (Å²) in [5.74, 6) is 1.97. The smallest absolute Gasteiger partial charge is 0.157 e. The molecule has 8 heteroatoms. The molecule has 2 aliphatic rings. The number of aromatic nitrogens is 3. The molecule has 0 amide bonds. The number of hydrogen-bond donors (Lipinski definition) is 0. The number of pyridine rings is 1. The van der Waals surface area contributed by atoms with Crippen LogP contribution in [-0.2, 0) is 17.7 Å². The van der Waals surface area contributed by atoms with Crippen molar-refractivity contribution < 1.29 is 4.74 Å². The molecule has 0 bridgehead atoms. The van der Waals surface area contributed by atoms with Crippen LogP contribution in [0.1, 0.15) is 30.7 Å². The van der Waals surface area contributed by atoms with Gasteiger partial charge in [-0.2, -0.15) is 0 Å². The highest BCUT2D eigenvalue weighted by atomic mass is 35.5. The van der Waals surface area contributed by atoms with Gasteiger partial charge in [-0.25, -0.2) is 9.97 Å². The number of likely N-dealkylation sites (tertiary alicyclic amines) is 1. The van der Waals surface area contributed by atoms with E-state index in [-0.39, 0.29) is 0 Å². The van der Waals surface area contributed by atoms with Crippen LogP contribution in [0.3, 0.4) is 0 Å². The zero-order valence-corrected chi connectivity index (χ0v) is 21.9. The predicted octanol–water partition coefficient (Wildman–Crippen LogP) is 5.80. The molecule has 0 spiro atoms. The molecule has 0 radical (unpaired) electrons. The number of piperidine rings is 1. The number of rotatable bonds is 6. The maximum Gasteiger partial charge on any atom is 0.157 e. The van der Waals surface area contributed by atoms with E-state index in [1.54, 1.807) is 0 Å². The van der Waals surface area contributed by atoms with E-state index < -0.39 is 0 Å². The molecule has 2 fully saturated rings. The lowest BCUT2D eigenvalue weighted by atomic mass is 10.1. The first-order valence-corrected chi connectivity index (χ1v) is 13.7. The van der Waals surface area contributed by atoms with Crippen LogP contribution in [0.2, 0.25) is 10.0 Å². The number of nitrogens with zero attached hydrogens (tertiary/aromatic N) is 5. The van der Waals surface area contributed by atoms with Gasteiger partial charge in [-0.3, -0.25) is 0 Å². The summed E-state index contributed by atoms with van der Waals surface area (Å²) in [6.07, 6.45) is 4.66. The van der Waals surface area contributed by atoms with E-state index >= 15 is 0 Å². The van der Waals surface area contributed by atoms with Crippen molar-refractivity contribution in [2.24, 2.45) is 0 Å². The number of imidazole rings is 1. The van der Waals surface area contributed by atoms with Gasteiger partial charge < -0.3 is 19.1 Å². The number of benzene rings is 2. The predicted molar refractivity (Wildman–Crippen MR) is 148 cm³/mol. The Morgan fingerprint density at radius 2 is 1.58 bits per heavy atom. The van der Waals surface area contributed by atoms with Gasteiger partial charge in [0.25, 0.3) is 0 Å². The first-order chi connectivity index (χ1) is 17.7. The summed E-state index contributed by atoms with van der Waals surface area (Å²) in [6, 6.07) is 14.4. The first-order valence-electron chi connectivity index (χ1n) is 12.9. The van der Waals surface area contributed by atoms with Crippen molar-refractivity contribution in [2.75, 3.05) is 50.8 Å². The third-order valence-corrected chi connectivity index (χ3v) is 8.10. The van der Waals surface area contributed by atoms with E-state index in [1.165, 1.54) is 37.9 Å². The Morgan fingerprint density at radius 3 is 2.36 bits per heavy atom. The molecule has 0 unspecified atom stereocenters. The third kappa shape index (κ3) is 4.80. The number of hydrogen-bond acceptors (Lipinski definition) is 5. The number of ether oxygens (including phenoxy) is 1. The fraction of sp³-hybridized carbons (Fsp3) is 0.429. The second-order valence-electron chi connectivity index (χ2n) is 9.76. The second kappa shape index (κ2) is 10.5. The third-order valence-electron chi connectivity index (χ3n) is 7.38. The van der Waals surface area contributed by atoms with E-state index in [1.807, 2.05) is 12.1 Å². The minimum atomic E-state index is 0.521. The normalized spacial score (nSPS) is 17.3. The van der Waals surface area contributed by atoms with Crippen molar-refractivity contribution in [2.45, 2.75) is 32.2 Å². The molecule has 2 saturated heterocycles. The van der Waals surface area contributed by atoms with Crippen LogP contribution in [0.5, 0.6) is 0 Å². The highest BCUT2D eigenvalue weighted by Crippen LogP contribution is 2.36. The van der Waals surface area contributed by atoms with Crippen LogP contribution in [0.25, 0.3) is 21.9 Å². The van der Waals surface area contributed by atoms with Gasteiger partial charge in [0.2, 0.25) is 0 Å². The Bertz CT molecular complexity index is 1360. The lowest BCUT2D eigenvalue weighted by Crippen LogP contribution is -2.37. The summed E-state index contributed by atoms with van der Waals surface area (Å²) in [5, 5.41) is 2.06. The van der Waals surface area contributed by atoms with Crippen molar-refractivity contribution >= 4 is 51.0 Å². The summed E-state index contributed by atoms with van der Waals surface area (Å²) in [4.78, 5) is 15.2. The zero-order chi connectivity index (χ0) is 24.5. The van der Waals surface area contributed by atoms with Gasteiger partial charge >= 0.3 is 0 Å². The largest absolute Gasteiger partial charge is 0.378 e. The van der Waals surface area contributed by atoms with Crippen molar-refractivity contribution in [3.05, 3.63) is 63.9 Å². The van der Waals surface area contributed by atoms with Crippen molar-refractivity contribution in [1.82, 2.24) is 19.4 Å². The van der Waals surface area contributed by atoms with E-state index in [0.717, 1.165) is 66.2 Å². The number of fused-ring (bicyclic) bond motifs is 3. The second-order valence-corrected chi connectivity index (χ2v) is 10.6. The number of halogens is 2. The molecule has 2 aromatic carbocycles. The maximum absolute atomic E-state index is 6.54. The Hall–Kier alpha value is -2.38. The van der Waals surface area contributed by atoms with Crippen molar-refractivity contribution in [1.29, 1.82) is 0 Å². The van der Waals surface area contributed by atoms with Gasteiger partial charge in [0.05, 0.1) is 34.3 Å². The Morgan fingerprint density at radius 1 is 0.833 bits per heavy atom. The fourth-order valence-corrected chi connectivity index (χ4v) is 5.81. The summed E-state index contributed by atoms with van der Waals surface area (Å²) in [6.45, 7) is 7.19. The molecule has 0 N–H and O–H groups in total. The highest BCUT2D eigenvalue weighted by molar-refractivity contribution is 6.43. The number of anilines is 1. The van der Waals surface area contributed by atoms with Gasteiger partial charge in [-0.15, -0.1) is 0 Å². The molecule has 36 heavy (non-hydrogen) atoms. The monoisotopic (exact) mass is 523 g/mol. The molecular weight excluding hydrogens is 493 g/mol. The highest BCUT2D eigenvalue weighted by Gasteiger charge is 2.24. The van der Waals surface area contributed by atoms with Crippen molar-refractivity contribution in [3.8, 4) is 0 Å². The van der Waals surface area contributed by atoms with Crippen LogP contribution in [0, 0.1) is 0 Å². The summed E-state index contributed by atoms with van der Waals surface area (Å²) in [5.41, 5.74) is 4.14. The van der Waals surface area contributed by atoms with Gasteiger partial charge in [-0.05, 0) is 43.6 Å². The van der Waals surface area contributed by atoms with Crippen LogP contribution in [0.4, 0.5) is 5.82 Å². The first kappa shape index (κ1) is 24.0. The van der Waals surface area contributed by atoms with E-state index in [0.29, 0.717) is 23.3 Å². The van der Waals surface area contributed by atoms with Crippen LogP contribution >= 0.6 is 23.2 Å². The molecule has 2 aliphatic heterocycles. The van der Waals surface area contributed by atoms with Crippen LogP contribution in [0.15, 0.2) is 42.5 Å². The lowest BCUT2D eigenvalue weighted by molar-refractivity contribution is 0.122. The van der Waals surface area contributed by atoms with E-state index in [4.69, 9.17) is 37.9 Å². The Labute approximate surface area is 221 Å². The fourth-order valence-electron chi connectivity index (χ4n) is 5.49. The molecule has 0 saturated carbocycles. The molecule has 2 aromatic heterocycles. The zero-order valence-electron chi connectivity index (χ0n) is 20.4. The molecule has 6 rings (SSSR count). The summed E-state index contributed by atoms with van der Waals surface area (Å²) in [7, 11) is 0. The quantitative estimate of drug-likeness (QED) is 0.319. The SMILES string of the molecule is Clc1cc2nc(N3CCOCC3)c3nc(Cc4ccccc4)n(CCN4CCCCC4)c3c2cc1Cl. The average Bonchev–Trinajstić information content (AvgIpc) is 3.27. The summed E-state index contributed by atoms with van der Waals surface area (Å²) < 4.78 is 8.04. The van der Waals surface area contributed by atoms with Crippen molar-refractivity contribution in [3.63, 3.8) is 0 Å². The van der Waals surface area contributed by atoms with Gasteiger partial charge in [0.15, 0.2) is 5.82 Å². The van der Waals surface area contributed by atoms with Crippen LogP contribution < -0.4 is 4.90 Å². The van der Waals surface area contributed by atoms with Gasteiger partial charge in [0.1, 0.15) is 11.3 Å². The molecule has 4 heterocycles. The van der Waals surface area contributed by atoms with Crippen LogP contribution in [-0.4, -0.2) is 65.4 Å². The topological polar surface area (TPSA) is 46.4 Å². The van der Waals surface area contributed by atoms with E-state index in [9.17, 15) is 0 Å². The summed E-state index contributed by atoms with van der Waals surface area (Å²) >= 11 is 13.0. The number of morpholine rings is 1. The molecule has 0 atom stereocenters. The molecular formula is C28H31Cl2N5O. The van der Waals surface area contributed by atoms with E-state index in [2.05, 4.69) is 44.7 Å². The molecule has 0 aliphatic carbocycles. The maximum atomic E-state index is 6.54. The Kier molecular flexibility index (Phi) is 7.02. The Balaban J connectivity index is 1.54. The lowest BCUT2D eigenvalue weighted by Gasteiger charge is -2.28. The standard InChI is InChI=1S/C28H31Cl2N5O/c29-22-18-21-24(19-23(22)30)31-28(34-13-15-36-16-14-34)26-27(21)35(12-11-33-9-5-2-6-10-33)25(32-26)17-20-7-3-1-4-8-20/h1,3-4,7-8,18-19H,2,5-6,9-17H2. The average molecular weight is 524 g/mol. The molecule has 6 nitrogen and oxygen atoms in total. The van der Waals surface area contributed by atoms with Gasteiger partial charge in [0, 0.05) is 38.0 Å². The molecule has 4 aromatic rings. The minimum Gasteiger partial charge on any atom is -0.378 e. The van der Waals surface area contributed by atoms with Gasteiger partial charge in [-0.1, -0.05) is 60.0 Å². The minimum absolute atomic E-state index is 0.521.